The molecule has 2 unspecified atom stereocenters. The molecule has 104 valence electrons. The van der Waals surface area contributed by atoms with Crippen LogP contribution in [0.3, 0.4) is 0 Å². The fraction of sp³-hybridized carbons (Fsp3) is 0.692. The highest BCUT2D eigenvalue weighted by molar-refractivity contribution is 9.11. The van der Waals surface area contributed by atoms with Crippen LogP contribution in [0.2, 0.25) is 0 Å². The average molecular weight is 335 g/mol. The first-order valence-corrected chi connectivity index (χ1v) is 7.99. The lowest BCUT2D eigenvalue weighted by Crippen LogP contribution is -2.45. The lowest BCUT2D eigenvalue weighted by atomic mass is 10.0. The predicted octanol–water partition coefficient (Wildman–Crippen LogP) is 2.99. The molecule has 3 N–H and O–H groups in total. The van der Waals surface area contributed by atoms with E-state index in [4.69, 9.17) is 5.73 Å². The Morgan fingerprint density at radius 2 is 2.11 bits per heavy atom. The third-order valence-electron chi connectivity index (χ3n) is 3.14. The molecule has 0 saturated carbocycles. The molecule has 0 aromatic carbocycles. The Kier molecular flexibility index (Phi) is 6.81. The monoisotopic (exact) mass is 334 g/mol. The van der Waals surface area contributed by atoms with Crippen molar-refractivity contribution in [1.29, 1.82) is 0 Å². The number of thiophene rings is 1. The van der Waals surface area contributed by atoms with Crippen LogP contribution in [0.15, 0.2) is 15.9 Å². The molecule has 1 aromatic heterocycles. The number of hydrogen-bond donors (Lipinski definition) is 2. The van der Waals surface area contributed by atoms with Crippen LogP contribution in [-0.4, -0.2) is 35.2 Å². The molecular weight excluding hydrogens is 312 g/mol. The number of nitrogens with zero attached hydrogens (tertiary/aromatic N) is 1. The van der Waals surface area contributed by atoms with E-state index in [-0.39, 0.29) is 18.7 Å². The van der Waals surface area contributed by atoms with Gasteiger partial charge in [0.05, 0.1) is 16.4 Å². The summed E-state index contributed by atoms with van der Waals surface area (Å²) in [5, 5.41) is 9.25. The molecule has 0 saturated heterocycles. The third kappa shape index (κ3) is 4.03. The molecule has 0 amide bonds. The number of aliphatic hydroxyl groups excluding tert-OH is 1. The normalized spacial score (nSPS) is 15.3. The molecule has 0 aliphatic carbocycles. The molecule has 1 rings (SSSR count). The second-order valence-corrected chi connectivity index (χ2v) is 7.21. The van der Waals surface area contributed by atoms with Crippen molar-refractivity contribution in [1.82, 2.24) is 4.90 Å². The van der Waals surface area contributed by atoms with E-state index in [1.165, 1.54) is 4.88 Å². The summed E-state index contributed by atoms with van der Waals surface area (Å²) in [6.45, 7) is 7.22. The molecule has 1 aromatic rings. The second-order valence-electron chi connectivity index (χ2n) is 4.71. The largest absolute Gasteiger partial charge is 0.395 e. The Balaban J connectivity index is 3.02. The van der Waals surface area contributed by atoms with E-state index in [0.29, 0.717) is 12.6 Å². The molecule has 1 heterocycles. The van der Waals surface area contributed by atoms with Gasteiger partial charge in [0.15, 0.2) is 0 Å². The van der Waals surface area contributed by atoms with Gasteiger partial charge >= 0.3 is 0 Å². The first-order valence-electron chi connectivity index (χ1n) is 6.38. The van der Waals surface area contributed by atoms with Gasteiger partial charge in [-0.05, 0) is 48.3 Å². The maximum absolute atomic E-state index is 9.25. The van der Waals surface area contributed by atoms with E-state index < -0.39 is 0 Å². The maximum atomic E-state index is 9.25. The molecule has 5 heteroatoms. The predicted molar refractivity (Wildman–Crippen MR) is 82.0 cm³/mol. The SMILES string of the molecule is CCC(N)C(c1ccc(Br)s1)N(CCO)C(C)C. The minimum atomic E-state index is 0.0875. The first-order chi connectivity index (χ1) is 8.51. The van der Waals surface area contributed by atoms with E-state index in [9.17, 15) is 5.11 Å². The summed E-state index contributed by atoms with van der Waals surface area (Å²) >= 11 is 5.23. The van der Waals surface area contributed by atoms with Crippen LogP contribution < -0.4 is 5.73 Å². The van der Waals surface area contributed by atoms with E-state index >= 15 is 0 Å². The first kappa shape index (κ1) is 16.1. The van der Waals surface area contributed by atoms with Crippen LogP contribution in [0.1, 0.15) is 38.1 Å². The van der Waals surface area contributed by atoms with Gasteiger partial charge in [-0.1, -0.05) is 6.92 Å². The van der Waals surface area contributed by atoms with E-state index in [2.05, 4.69) is 53.7 Å². The molecule has 0 spiro atoms. The van der Waals surface area contributed by atoms with Gasteiger partial charge in [-0.15, -0.1) is 11.3 Å². The Morgan fingerprint density at radius 3 is 2.50 bits per heavy atom. The molecule has 18 heavy (non-hydrogen) atoms. The summed E-state index contributed by atoms with van der Waals surface area (Å²) in [4.78, 5) is 3.55. The van der Waals surface area contributed by atoms with Crippen molar-refractivity contribution < 1.29 is 5.11 Å². The highest BCUT2D eigenvalue weighted by Gasteiger charge is 2.28. The molecule has 0 bridgehead atoms. The van der Waals surface area contributed by atoms with Crippen molar-refractivity contribution in [2.75, 3.05) is 13.2 Å². The van der Waals surface area contributed by atoms with Gasteiger partial charge in [0.25, 0.3) is 0 Å². The second kappa shape index (κ2) is 7.60. The summed E-state index contributed by atoms with van der Waals surface area (Å²) in [6, 6.07) is 4.82. The zero-order valence-electron chi connectivity index (χ0n) is 11.3. The zero-order chi connectivity index (χ0) is 13.7. The van der Waals surface area contributed by atoms with E-state index in [1.807, 2.05) is 0 Å². The average Bonchev–Trinajstić information content (AvgIpc) is 2.74. The van der Waals surface area contributed by atoms with Crippen LogP contribution in [0.25, 0.3) is 0 Å². The lowest BCUT2D eigenvalue weighted by Gasteiger charge is -2.37. The van der Waals surface area contributed by atoms with Crippen molar-refractivity contribution >= 4 is 27.3 Å². The van der Waals surface area contributed by atoms with Gasteiger partial charge in [0.1, 0.15) is 0 Å². The van der Waals surface area contributed by atoms with Gasteiger partial charge in [0, 0.05) is 23.5 Å². The fourth-order valence-corrected chi connectivity index (χ4v) is 3.79. The summed E-state index contributed by atoms with van der Waals surface area (Å²) < 4.78 is 1.12. The molecule has 2 atom stereocenters. The van der Waals surface area contributed by atoms with E-state index in [0.717, 1.165) is 10.2 Å². The highest BCUT2D eigenvalue weighted by atomic mass is 79.9. The Morgan fingerprint density at radius 1 is 1.44 bits per heavy atom. The summed E-state index contributed by atoms with van der Waals surface area (Å²) in [6.07, 6.45) is 0.925. The summed E-state index contributed by atoms with van der Waals surface area (Å²) in [7, 11) is 0. The Hall–Kier alpha value is 0.0600. The molecule has 0 radical (unpaired) electrons. The van der Waals surface area contributed by atoms with E-state index in [1.54, 1.807) is 11.3 Å². The van der Waals surface area contributed by atoms with Gasteiger partial charge in [0.2, 0.25) is 0 Å². The molecule has 0 aliphatic heterocycles. The Bertz CT molecular complexity index is 357. The number of halogens is 1. The minimum Gasteiger partial charge on any atom is -0.395 e. The minimum absolute atomic E-state index is 0.0875. The van der Waals surface area contributed by atoms with Gasteiger partial charge < -0.3 is 10.8 Å². The van der Waals surface area contributed by atoms with Crippen molar-refractivity contribution in [2.24, 2.45) is 5.73 Å². The lowest BCUT2D eigenvalue weighted by molar-refractivity contribution is 0.103. The van der Waals surface area contributed by atoms with Crippen molar-refractivity contribution in [2.45, 2.75) is 45.3 Å². The number of aliphatic hydroxyl groups is 1. The van der Waals surface area contributed by atoms with Crippen molar-refractivity contribution in [3.8, 4) is 0 Å². The van der Waals surface area contributed by atoms with Crippen LogP contribution in [0.4, 0.5) is 0 Å². The molecule has 0 fully saturated rings. The molecule has 0 aliphatic rings. The zero-order valence-corrected chi connectivity index (χ0v) is 13.7. The number of nitrogens with two attached hydrogens (primary N) is 1. The van der Waals surface area contributed by atoms with Gasteiger partial charge in [-0.2, -0.15) is 0 Å². The fourth-order valence-electron chi connectivity index (χ4n) is 2.16. The number of hydrogen-bond acceptors (Lipinski definition) is 4. The van der Waals surface area contributed by atoms with Crippen LogP contribution in [0.5, 0.6) is 0 Å². The summed E-state index contributed by atoms with van der Waals surface area (Å²) in [5.74, 6) is 0. The highest BCUT2D eigenvalue weighted by Crippen LogP contribution is 2.34. The molecule has 3 nitrogen and oxygen atoms in total. The van der Waals surface area contributed by atoms with Crippen LogP contribution in [0, 0.1) is 0 Å². The van der Waals surface area contributed by atoms with Crippen molar-refractivity contribution in [3.63, 3.8) is 0 Å². The van der Waals surface area contributed by atoms with Crippen LogP contribution >= 0.6 is 27.3 Å². The van der Waals surface area contributed by atoms with Gasteiger partial charge in [-0.3, -0.25) is 4.90 Å². The van der Waals surface area contributed by atoms with Gasteiger partial charge in [-0.25, -0.2) is 0 Å². The maximum Gasteiger partial charge on any atom is 0.0702 e. The summed E-state index contributed by atoms with van der Waals surface area (Å²) in [5.41, 5.74) is 6.30. The number of rotatable bonds is 7. The molecular formula is C13H23BrN2OS. The standard InChI is InChI=1S/C13H23BrN2OS/c1-4-10(15)13(11-5-6-12(14)18-11)16(7-8-17)9(2)3/h5-6,9-10,13,17H,4,7-8,15H2,1-3H3. The topological polar surface area (TPSA) is 49.5 Å². The Labute approximate surface area is 122 Å². The van der Waals surface area contributed by atoms with Crippen molar-refractivity contribution in [3.05, 3.63) is 20.8 Å². The third-order valence-corrected chi connectivity index (χ3v) is 4.84. The quantitative estimate of drug-likeness (QED) is 0.805. The smallest absolute Gasteiger partial charge is 0.0702 e. The van der Waals surface area contributed by atoms with Crippen LogP contribution in [-0.2, 0) is 0 Å².